The van der Waals surface area contributed by atoms with Crippen LogP contribution in [0.2, 0.25) is 0 Å². The highest BCUT2D eigenvalue weighted by Crippen LogP contribution is 2.24. The first-order chi connectivity index (χ1) is 7.02. The lowest BCUT2D eigenvalue weighted by molar-refractivity contribution is 0.529. The number of hydrogen-bond acceptors (Lipinski definition) is 4. The van der Waals surface area contributed by atoms with Gasteiger partial charge in [0.25, 0.3) is 0 Å². The fourth-order valence-corrected chi connectivity index (χ4v) is 1.71. The van der Waals surface area contributed by atoms with Gasteiger partial charge in [-0.05, 0) is 27.7 Å². The Hall–Kier alpha value is -1.65. The quantitative estimate of drug-likeness (QED) is 0.767. The van der Waals surface area contributed by atoms with Crippen LogP contribution in [-0.4, -0.2) is 20.0 Å². The van der Waals surface area contributed by atoms with Crippen molar-refractivity contribution in [3.8, 4) is 0 Å². The molecule has 0 saturated carbocycles. The first kappa shape index (κ1) is 9.89. The first-order valence-electron chi connectivity index (χ1n) is 5.00. The lowest BCUT2D eigenvalue weighted by Gasteiger charge is -2.08. The Kier molecular flexibility index (Phi) is 2.10. The maximum atomic E-state index is 5.92. The van der Waals surface area contributed by atoms with Gasteiger partial charge < -0.3 is 5.73 Å². The molecule has 2 rings (SSSR count). The smallest absolute Gasteiger partial charge is 0.139 e. The fraction of sp³-hybridized carbons (Fsp3) is 0.500. The van der Waals surface area contributed by atoms with E-state index in [1.807, 2.05) is 18.5 Å². The molecule has 2 N–H and O–H groups in total. The number of aromatic nitrogens is 4. The lowest BCUT2D eigenvalue weighted by atomic mass is 10.2. The van der Waals surface area contributed by atoms with Crippen molar-refractivity contribution in [2.75, 3.05) is 5.73 Å². The molecule has 0 saturated heterocycles. The molecular formula is C10H15N5. The lowest BCUT2D eigenvalue weighted by Crippen LogP contribution is -2.05. The van der Waals surface area contributed by atoms with Crippen LogP contribution in [-0.2, 0) is 0 Å². The molecule has 80 valence electrons. The number of hydrogen-bond donors (Lipinski definition) is 1. The minimum Gasteiger partial charge on any atom is -0.395 e. The molecule has 0 aliphatic heterocycles. The number of nitrogen functional groups attached to an aromatic ring is 1. The molecule has 5 nitrogen and oxygen atoms in total. The van der Waals surface area contributed by atoms with Gasteiger partial charge in [0.15, 0.2) is 0 Å². The highest BCUT2D eigenvalue weighted by atomic mass is 15.4. The van der Waals surface area contributed by atoms with Crippen molar-refractivity contribution < 1.29 is 0 Å². The van der Waals surface area contributed by atoms with E-state index in [0.29, 0.717) is 5.69 Å². The molecule has 0 aliphatic carbocycles. The SMILES string of the molecule is Cc1nc(C)c2c(nnn2C(C)C)c1N. The summed E-state index contributed by atoms with van der Waals surface area (Å²) >= 11 is 0. The zero-order valence-corrected chi connectivity index (χ0v) is 9.44. The van der Waals surface area contributed by atoms with Gasteiger partial charge in [0.1, 0.15) is 11.0 Å². The predicted molar refractivity (Wildman–Crippen MR) is 59.6 cm³/mol. The van der Waals surface area contributed by atoms with Gasteiger partial charge in [0.2, 0.25) is 0 Å². The molecular weight excluding hydrogens is 190 g/mol. The molecule has 0 aromatic carbocycles. The highest BCUT2D eigenvalue weighted by molar-refractivity contribution is 5.88. The molecule has 0 atom stereocenters. The largest absolute Gasteiger partial charge is 0.395 e. The number of nitrogens with zero attached hydrogens (tertiary/aromatic N) is 4. The van der Waals surface area contributed by atoms with Crippen molar-refractivity contribution in [3.05, 3.63) is 11.4 Å². The van der Waals surface area contributed by atoms with Crippen molar-refractivity contribution in [1.29, 1.82) is 0 Å². The number of fused-ring (bicyclic) bond motifs is 1. The van der Waals surface area contributed by atoms with Crippen molar-refractivity contribution in [1.82, 2.24) is 20.0 Å². The van der Waals surface area contributed by atoms with Gasteiger partial charge in [0, 0.05) is 6.04 Å². The van der Waals surface area contributed by atoms with Gasteiger partial charge in [0.05, 0.1) is 17.1 Å². The average molecular weight is 205 g/mol. The molecule has 0 unspecified atom stereocenters. The Morgan fingerprint density at radius 1 is 1.20 bits per heavy atom. The summed E-state index contributed by atoms with van der Waals surface area (Å²) < 4.78 is 1.85. The Morgan fingerprint density at radius 3 is 2.47 bits per heavy atom. The van der Waals surface area contributed by atoms with Crippen LogP contribution in [0.3, 0.4) is 0 Å². The molecule has 2 heterocycles. The van der Waals surface area contributed by atoms with Crippen LogP contribution in [0.4, 0.5) is 5.69 Å². The second-order valence-corrected chi connectivity index (χ2v) is 4.02. The number of aryl methyl sites for hydroxylation is 2. The summed E-state index contributed by atoms with van der Waals surface area (Å²) in [6, 6.07) is 0.262. The van der Waals surface area contributed by atoms with Crippen LogP contribution in [0.25, 0.3) is 11.0 Å². The number of rotatable bonds is 1. The van der Waals surface area contributed by atoms with Gasteiger partial charge in [-0.15, -0.1) is 5.10 Å². The summed E-state index contributed by atoms with van der Waals surface area (Å²) in [4.78, 5) is 4.39. The van der Waals surface area contributed by atoms with E-state index >= 15 is 0 Å². The summed E-state index contributed by atoms with van der Waals surface area (Å²) in [7, 11) is 0. The molecule has 15 heavy (non-hydrogen) atoms. The Bertz CT molecular complexity index is 512. The Balaban J connectivity index is 2.87. The minimum absolute atomic E-state index is 0.262. The number of anilines is 1. The molecule has 0 bridgehead atoms. The van der Waals surface area contributed by atoms with Crippen LogP contribution in [0, 0.1) is 13.8 Å². The van der Waals surface area contributed by atoms with E-state index in [1.165, 1.54) is 0 Å². The van der Waals surface area contributed by atoms with Crippen molar-refractivity contribution in [3.63, 3.8) is 0 Å². The zero-order chi connectivity index (χ0) is 11.2. The first-order valence-corrected chi connectivity index (χ1v) is 5.00. The van der Waals surface area contributed by atoms with E-state index in [1.54, 1.807) is 0 Å². The monoisotopic (exact) mass is 205 g/mol. The normalized spacial score (nSPS) is 11.5. The van der Waals surface area contributed by atoms with E-state index in [4.69, 9.17) is 5.73 Å². The standard InChI is InChI=1S/C10H15N5/c1-5(2)15-10-7(4)12-6(3)8(11)9(10)13-14-15/h5H,11H2,1-4H3. The number of nitrogens with two attached hydrogens (primary N) is 1. The fourth-order valence-electron chi connectivity index (χ4n) is 1.71. The molecule has 5 heteroatoms. The molecule has 0 fully saturated rings. The van der Waals surface area contributed by atoms with E-state index in [2.05, 4.69) is 29.1 Å². The maximum absolute atomic E-state index is 5.92. The highest BCUT2D eigenvalue weighted by Gasteiger charge is 2.15. The van der Waals surface area contributed by atoms with Crippen LogP contribution in [0.15, 0.2) is 0 Å². The van der Waals surface area contributed by atoms with Crippen LogP contribution < -0.4 is 5.73 Å². The van der Waals surface area contributed by atoms with Crippen molar-refractivity contribution in [2.24, 2.45) is 0 Å². The average Bonchev–Trinajstić information content (AvgIpc) is 2.58. The van der Waals surface area contributed by atoms with E-state index in [9.17, 15) is 0 Å². The second-order valence-electron chi connectivity index (χ2n) is 4.02. The topological polar surface area (TPSA) is 69.6 Å². The third kappa shape index (κ3) is 1.35. The summed E-state index contributed by atoms with van der Waals surface area (Å²) in [5.74, 6) is 0. The summed E-state index contributed by atoms with van der Waals surface area (Å²) in [6.07, 6.45) is 0. The minimum atomic E-state index is 0.262. The third-order valence-electron chi connectivity index (χ3n) is 2.51. The van der Waals surface area contributed by atoms with E-state index < -0.39 is 0 Å². The maximum Gasteiger partial charge on any atom is 0.139 e. The van der Waals surface area contributed by atoms with E-state index in [-0.39, 0.29) is 6.04 Å². The third-order valence-corrected chi connectivity index (χ3v) is 2.51. The Labute approximate surface area is 88.3 Å². The van der Waals surface area contributed by atoms with Crippen LogP contribution in [0.5, 0.6) is 0 Å². The molecule has 0 radical (unpaired) electrons. The van der Waals surface area contributed by atoms with Gasteiger partial charge in [-0.1, -0.05) is 5.21 Å². The molecule has 2 aromatic heterocycles. The van der Waals surface area contributed by atoms with Gasteiger partial charge in [-0.25, -0.2) is 4.68 Å². The summed E-state index contributed by atoms with van der Waals surface area (Å²) in [5.41, 5.74) is 9.99. The van der Waals surface area contributed by atoms with Crippen LogP contribution >= 0.6 is 0 Å². The summed E-state index contributed by atoms with van der Waals surface area (Å²) in [6.45, 7) is 7.96. The second kappa shape index (κ2) is 3.18. The molecule has 2 aromatic rings. The zero-order valence-electron chi connectivity index (χ0n) is 9.44. The van der Waals surface area contributed by atoms with E-state index in [0.717, 1.165) is 22.4 Å². The predicted octanol–water partition coefficient (Wildman–Crippen LogP) is 1.61. The van der Waals surface area contributed by atoms with Crippen LogP contribution in [0.1, 0.15) is 31.3 Å². The molecule has 0 aliphatic rings. The van der Waals surface area contributed by atoms with Gasteiger partial charge >= 0.3 is 0 Å². The Morgan fingerprint density at radius 2 is 1.87 bits per heavy atom. The number of pyridine rings is 1. The summed E-state index contributed by atoms with van der Waals surface area (Å²) in [5, 5.41) is 8.21. The molecule has 0 spiro atoms. The van der Waals surface area contributed by atoms with Crippen molar-refractivity contribution in [2.45, 2.75) is 33.7 Å². The van der Waals surface area contributed by atoms with Crippen molar-refractivity contribution >= 4 is 16.7 Å². The van der Waals surface area contributed by atoms with Gasteiger partial charge in [-0.2, -0.15) is 0 Å². The van der Waals surface area contributed by atoms with Gasteiger partial charge in [-0.3, -0.25) is 4.98 Å². The molecule has 0 amide bonds.